The van der Waals surface area contributed by atoms with Crippen molar-refractivity contribution in [3.8, 4) is 12.1 Å². The Morgan fingerprint density at radius 1 is 0.929 bits per heavy atom. The minimum atomic E-state index is 1.29. The van der Waals surface area contributed by atoms with Crippen molar-refractivity contribution in [1.29, 1.82) is 0 Å². The molecule has 0 atom stereocenters. The summed E-state index contributed by atoms with van der Waals surface area (Å²) in [6.45, 7) is 0. The van der Waals surface area contributed by atoms with Gasteiger partial charge in [-0.05, 0) is 9.36 Å². The smallest absolute Gasteiger partial charge is 0.287 e. The van der Waals surface area contributed by atoms with Gasteiger partial charge in [-0.15, -0.1) is 9.35 Å². The summed E-state index contributed by atoms with van der Waals surface area (Å²) in [7, 11) is 0. The zero-order valence-corrected chi connectivity index (χ0v) is 7.15. The largest absolute Gasteiger partial charge is 0.289 e. The van der Waals surface area contributed by atoms with E-state index in [1.54, 1.807) is 0 Å². The van der Waals surface area contributed by atoms with Crippen molar-refractivity contribution in [2.75, 3.05) is 11.7 Å². The fraction of sp³-hybridized carbons (Fsp3) is 0. The third kappa shape index (κ3) is 1.61. The van der Waals surface area contributed by atoms with Crippen molar-refractivity contribution < 1.29 is 9.35 Å². The SMILES string of the molecule is N[n+]1cnn(C#Cn2c[n+](N)cn2)c1. The summed E-state index contributed by atoms with van der Waals surface area (Å²) in [5.41, 5.74) is 0. The number of hydrogen-bond donors (Lipinski definition) is 2. The predicted molar refractivity (Wildman–Crippen MR) is 43.7 cm³/mol. The maximum Gasteiger partial charge on any atom is 0.287 e. The van der Waals surface area contributed by atoms with E-state index in [0.29, 0.717) is 0 Å². The van der Waals surface area contributed by atoms with E-state index in [1.165, 1.54) is 44.0 Å². The first-order valence-corrected chi connectivity index (χ1v) is 3.68. The molecule has 2 aromatic rings. The molecular weight excluding hydrogens is 184 g/mol. The highest BCUT2D eigenvalue weighted by Gasteiger charge is 2.01. The molecule has 0 aromatic carbocycles. The van der Waals surface area contributed by atoms with Gasteiger partial charge in [-0.1, -0.05) is 0 Å². The van der Waals surface area contributed by atoms with Gasteiger partial charge in [0.1, 0.15) is 0 Å². The molecule has 70 valence electrons. The molecule has 2 aromatic heterocycles. The van der Waals surface area contributed by atoms with Crippen LogP contribution in [0.1, 0.15) is 0 Å². The van der Waals surface area contributed by atoms with Crippen molar-refractivity contribution >= 4 is 0 Å². The molecule has 2 rings (SSSR count). The van der Waals surface area contributed by atoms with Crippen LogP contribution in [0.3, 0.4) is 0 Å². The maximum atomic E-state index is 5.37. The highest BCUT2D eigenvalue weighted by atomic mass is 15.4. The Balaban J connectivity index is 2.22. The Morgan fingerprint density at radius 2 is 1.36 bits per heavy atom. The molecule has 0 aliphatic rings. The van der Waals surface area contributed by atoms with Gasteiger partial charge in [0.15, 0.2) is 12.1 Å². The number of rotatable bonds is 0. The van der Waals surface area contributed by atoms with Crippen LogP contribution in [0.4, 0.5) is 0 Å². The monoisotopic (exact) mass is 192 g/mol. The Bertz CT molecular complexity index is 453. The topological polar surface area (TPSA) is 95.4 Å². The molecule has 8 nitrogen and oxygen atoms in total. The van der Waals surface area contributed by atoms with Crippen LogP contribution in [0.5, 0.6) is 0 Å². The van der Waals surface area contributed by atoms with E-state index in [0.717, 1.165) is 0 Å². The normalized spacial score (nSPS) is 9.43. The molecule has 0 fully saturated rings. The van der Waals surface area contributed by atoms with Crippen LogP contribution in [0.15, 0.2) is 25.3 Å². The van der Waals surface area contributed by atoms with Gasteiger partial charge >= 0.3 is 0 Å². The molecule has 2 heterocycles. The number of nitrogens with zero attached hydrogens (tertiary/aromatic N) is 6. The molecule has 0 amide bonds. The standard InChI is InChI=1S/C6H8N8/c7-11-3-9-13(5-11)1-2-14-6-12(8)4-10-14/h3-6H,7-8H2/q+2. The van der Waals surface area contributed by atoms with Gasteiger partial charge in [0.25, 0.3) is 25.3 Å². The van der Waals surface area contributed by atoms with Crippen molar-refractivity contribution in [3.05, 3.63) is 25.3 Å². The van der Waals surface area contributed by atoms with Crippen LogP contribution in [-0.4, -0.2) is 19.6 Å². The van der Waals surface area contributed by atoms with Crippen LogP contribution in [0.25, 0.3) is 0 Å². The summed E-state index contributed by atoms with van der Waals surface area (Å²) < 4.78 is 5.31. The predicted octanol–water partition coefficient (Wildman–Crippen LogP) is -3.60. The fourth-order valence-corrected chi connectivity index (χ4v) is 0.820. The zero-order chi connectivity index (χ0) is 9.97. The van der Waals surface area contributed by atoms with Crippen molar-refractivity contribution in [2.24, 2.45) is 0 Å². The van der Waals surface area contributed by atoms with Crippen LogP contribution >= 0.6 is 0 Å². The molecule has 0 radical (unpaired) electrons. The van der Waals surface area contributed by atoms with Gasteiger partial charge in [0.2, 0.25) is 0 Å². The third-order valence-corrected chi connectivity index (χ3v) is 1.38. The second-order valence-corrected chi connectivity index (χ2v) is 2.50. The number of nitrogen functional groups attached to an aromatic ring is 2. The van der Waals surface area contributed by atoms with E-state index >= 15 is 0 Å². The lowest BCUT2D eigenvalue weighted by molar-refractivity contribution is -0.639. The van der Waals surface area contributed by atoms with E-state index in [9.17, 15) is 0 Å². The lowest BCUT2D eigenvalue weighted by Gasteiger charge is -1.73. The van der Waals surface area contributed by atoms with Crippen LogP contribution < -0.4 is 21.0 Å². The summed E-state index contributed by atoms with van der Waals surface area (Å²) in [5, 5.41) is 7.68. The molecule has 0 aliphatic heterocycles. The zero-order valence-electron chi connectivity index (χ0n) is 7.15. The van der Waals surface area contributed by atoms with Gasteiger partial charge in [0, 0.05) is 0 Å². The van der Waals surface area contributed by atoms with E-state index in [4.69, 9.17) is 11.7 Å². The summed E-state index contributed by atoms with van der Waals surface area (Å²) in [4.78, 5) is 0. The van der Waals surface area contributed by atoms with E-state index in [1.807, 2.05) is 0 Å². The van der Waals surface area contributed by atoms with Crippen molar-refractivity contribution in [1.82, 2.24) is 19.6 Å². The van der Waals surface area contributed by atoms with Crippen molar-refractivity contribution in [2.45, 2.75) is 0 Å². The van der Waals surface area contributed by atoms with Gasteiger partial charge in [-0.3, -0.25) is 11.7 Å². The van der Waals surface area contributed by atoms with Crippen LogP contribution in [0, 0.1) is 12.1 Å². The maximum absolute atomic E-state index is 5.37. The van der Waals surface area contributed by atoms with Gasteiger partial charge < -0.3 is 0 Å². The van der Waals surface area contributed by atoms with E-state index in [-0.39, 0.29) is 0 Å². The molecule has 0 saturated carbocycles. The highest BCUT2D eigenvalue weighted by molar-refractivity contribution is 4.97. The quantitative estimate of drug-likeness (QED) is 0.256. The summed E-state index contributed by atoms with van der Waals surface area (Å²) in [6.07, 6.45) is 5.90. The Hall–Kier alpha value is -2.56. The number of hydrogen-bond acceptors (Lipinski definition) is 4. The molecular formula is C6H8N8+2. The van der Waals surface area contributed by atoms with Gasteiger partial charge in [-0.2, -0.15) is 0 Å². The van der Waals surface area contributed by atoms with Crippen LogP contribution in [0.2, 0.25) is 0 Å². The molecule has 4 N–H and O–H groups in total. The van der Waals surface area contributed by atoms with Crippen molar-refractivity contribution in [3.63, 3.8) is 0 Å². The first-order valence-electron chi connectivity index (χ1n) is 3.68. The number of nitrogens with two attached hydrogens (primary N) is 2. The molecule has 0 aliphatic carbocycles. The fourth-order valence-electron chi connectivity index (χ4n) is 0.820. The van der Waals surface area contributed by atoms with Gasteiger partial charge in [0.05, 0.1) is 10.2 Å². The molecule has 0 spiro atoms. The Kier molecular flexibility index (Phi) is 1.76. The lowest BCUT2D eigenvalue weighted by Crippen LogP contribution is -2.42. The summed E-state index contributed by atoms with van der Waals surface area (Å²) >= 11 is 0. The first-order chi connectivity index (χ1) is 6.74. The van der Waals surface area contributed by atoms with Crippen LogP contribution in [-0.2, 0) is 0 Å². The Labute approximate surface area is 78.9 Å². The van der Waals surface area contributed by atoms with E-state index in [2.05, 4.69) is 22.3 Å². The summed E-state index contributed by atoms with van der Waals surface area (Å²) in [5.74, 6) is 10.7. The average molecular weight is 192 g/mol. The minimum absolute atomic E-state index is 1.29. The molecule has 0 bridgehead atoms. The second-order valence-electron chi connectivity index (χ2n) is 2.50. The number of aromatic nitrogens is 6. The Morgan fingerprint density at radius 3 is 1.64 bits per heavy atom. The third-order valence-electron chi connectivity index (χ3n) is 1.38. The summed E-state index contributed by atoms with van der Waals surface area (Å²) in [6, 6.07) is 5.36. The second kappa shape index (κ2) is 3.06. The molecule has 14 heavy (non-hydrogen) atoms. The molecule has 0 saturated heterocycles. The van der Waals surface area contributed by atoms with Gasteiger partial charge in [-0.25, -0.2) is 0 Å². The molecule has 8 heteroatoms. The minimum Gasteiger partial charge on any atom is -0.289 e. The first kappa shape index (κ1) is 8.06. The average Bonchev–Trinajstić information content (AvgIpc) is 2.72. The van der Waals surface area contributed by atoms with E-state index < -0.39 is 0 Å². The molecule has 0 unspecified atom stereocenters. The highest BCUT2D eigenvalue weighted by Crippen LogP contribution is 1.71. The lowest BCUT2D eigenvalue weighted by atomic mass is 10.9.